The Labute approximate surface area is 153 Å². The first kappa shape index (κ1) is 17.8. The number of anilines is 2. The van der Waals surface area contributed by atoms with Crippen LogP contribution < -0.4 is 15.0 Å². The summed E-state index contributed by atoms with van der Waals surface area (Å²) in [6, 6.07) is 13.0. The van der Waals surface area contributed by atoms with Crippen LogP contribution in [0.4, 0.5) is 16.2 Å². The molecule has 2 aromatic rings. The quantitative estimate of drug-likeness (QED) is 0.898. The Hall–Kier alpha value is -3.02. The van der Waals surface area contributed by atoms with E-state index in [1.807, 2.05) is 56.3 Å². The highest BCUT2D eigenvalue weighted by atomic mass is 16.5. The van der Waals surface area contributed by atoms with Gasteiger partial charge in [0.15, 0.2) is 0 Å². The van der Waals surface area contributed by atoms with Crippen LogP contribution in [0.1, 0.15) is 11.1 Å². The molecule has 1 fully saturated rings. The fraction of sp³-hybridized carbons (Fsp3) is 0.300. The molecule has 6 heteroatoms. The first-order chi connectivity index (χ1) is 12.5. The molecule has 0 aromatic heterocycles. The molecule has 0 atom stereocenters. The number of aryl methyl sites for hydroxylation is 2. The molecule has 0 radical (unpaired) electrons. The molecule has 0 saturated carbocycles. The Kier molecular flexibility index (Phi) is 5.11. The van der Waals surface area contributed by atoms with Crippen molar-refractivity contribution in [3.63, 3.8) is 0 Å². The number of hydrogen-bond acceptors (Lipinski definition) is 3. The third-order valence-electron chi connectivity index (χ3n) is 4.46. The molecule has 0 unspecified atom stereocenters. The van der Waals surface area contributed by atoms with Gasteiger partial charge in [-0.2, -0.15) is 0 Å². The number of amides is 3. The van der Waals surface area contributed by atoms with Gasteiger partial charge in [0.2, 0.25) is 5.91 Å². The molecule has 0 spiro atoms. The number of methoxy groups -OCH3 is 1. The van der Waals surface area contributed by atoms with E-state index in [0.717, 1.165) is 22.5 Å². The van der Waals surface area contributed by atoms with E-state index >= 15 is 0 Å². The third-order valence-corrected chi connectivity index (χ3v) is 4.46. The van der Waals surface area contributed by atoms with Crippen molar-refractivity contribution in [1.29, 1.82) is 0 Å². The van der Waals surface area contributed by atoms with E-state index in [2.05, 4.69) is 5.32 Å². The zero-order valence-electron chi connectivity index (χ0n) is 15.3. The van der Waals surface area contributed by atoms with Crippen molar-refractivity contribution in [3.05, 3.63) is 53.6 Å². The standard InChI is InChI=1S/C20H23N3O3/c1-14-8-9-16(15(2)12-14)21-19(24)13-22-10-11-23(20(22)25)17-6-4-5-7-18(17)26-3/h4-9,12H,10-11,13H2,1-3H3,(H,21,24). The van der Waals surface area contributed by atoms with Crippen LogP contribution in [0.3, 0.4) is 0 Å². The lowest BCUT2D eigenvalue weighted by Gasteiger charge is -2.20. The topological polar surface area (TPSA) is 61.9 Å². The highest BCUT2D eigenvalue weighted by Crippen LogP contribution is 2.30. The maximum atomic E-state index is 12.7. The predicted octanol–water partition coefficient (Wildman–Crippen LogP) is 3.19. The van der Waals surface area contributed by atoms with E-state index in [-0.39, 0.29) is 18.5 Å². The Bertz CT molecular complexity index is 835. The molecular formula is C20H23N3O3. The Morgan fingerprint density at radius 2 is 1.92 bits per heavy atom. The Morgan fingerprint density at radius 3 is 2.65 bits per heavy atom. The summed E-state index contributed by atoms with van der Waals surface area (Å²) in [6.45, 7) is 5.01. The summed E-state index contributed by atoms with van der Waals surface area (Å²) >= 11 is 0. The number of nitrogens with one attached hydrogen (secondary N) is 1. The van der Waals surface area contributed by atoms with Crippen LogP contribution >= 0.6 is 0 Å². The van der Waals surface area contributed by atoms with Crippen LogP contribution in [0.5, 0.6) is 5.75 Å². The number of rotatable bonds is 5. The van der Waals surface area contributed by atoms with Gasteiger partial charge < -0.3 is 15.0 Å². The minimum Gasteiger partial charge on any atom is -0.495 e. The fourth-order valence-corrected chi connectivity index (χ4v) is 3.12. The summed E-state index contributed by atoms with van der Waals surface area (Å²) in [7, 11) is 1.58. The summed E-state index contributed by atoms with van der Waals surface area (Å²) in [5.74, 6) is 0.439. The molecule has 1 aliphatic rings. The maximum Gasteiger partial charge on any atom is 0.325 e. The average molecular weight is 353 g/mol. The number of carbonyl (C=O) groups is 2. The molecule has 2 aromatic carbocycles. The molecule has 1 aliphatic heterocycles. The third kappa shape index (κ3) is 3.64. The first-order valence-corrected chi connectivity index (χ1v) is 8.56. The van der Waals surface area contributed by atoms with E-state index in [0.29, 0.717) is 18.8 Å². The second-order valence-corrected chi connectivity index (χ2v) is 6.39. The van der Waals surface area contributed by atoms with Crippen LogP contribution in [0.2, 0.25) is 0 Å². The van der Waals surface area contributed by atoms with Gasteiger partial charge in [-0.1, -0.05) is 29.8 Å². The first-order valence-electron chi connectivity index (χ1n) is 8.56. The molecule has 1 saturated heterocycles. The fourth-order valence-electron chi connectivity index (χ4n) is 3.12. The molecule has 0 aliphatic carbocycles. The van der Waals surface area contributed by atoms with E-state index in [1.54, 1.807) is 16.9 Å². The van der Waals surface area contributed by atoms with Gasteiger partial charge in [-0.15, -0.1) is 0 Å². The molecule has 6 nitrogen and oxygen atoms in total. The largest absolute Gasteiger partial charge is 0.495 e. The number of hydrogen-bond donors (Lipinski definition) is 1. The zero-order valence-corrected chi connectivity index (χ0v) is 15.3. The van der Waals surface area contributed by atoms with Crippen LogP contribution in [-0.2, 0) is 4.79 Å². The Balaban J connectivity index is 1.66. The molecular weight excluding hydrogens is 330 g/mol. The smallest absolute Gasteiger partial charge is 0.325 e. The number of carbonyl (C=O) groups excluding carboxylic acids is 2. The van der Waals surface area contributed by atoms with Gasteiger partial charge >= 0.3 is 6.03 Å². The van der Waals surface area contributed by atoms with Crippen molar-refractivity contribution < 1.29 is 14.3 Å². The lowest BCUT2D eigenvalue weighted by molar-refractivity contribution is -0.116. The van der Waals surface area contributed by atoms with E-state index in [9.17, 15) is 9.59 Å². The summed E-state index contributed by atoms with van der Waals surface area (Å²) in [5.41, 5.74) is 3.63. The zero-order chi connectivity index (χ0) is 18.7. The van der Waals surface area contributed by atoms with Crippen molar-refractivity contribution >= 4 is 23.3 Å². The number of ether oxygens (including phenoxy) is 1. The SMILES string of the molecule is COc1ccccc1N1CCN(CC(=O)Nc2ccc(C)cc2C)C1=O. The van der Waals surface area contributed by atoms with Crippen LogP contribution in [0.15, 0.2) is 42.5 Å². The van der Waals surface area contributed by atoms with Gasteiger partial charge in [0.25, 0.3) is 0 Å². The molecule has 26 heavy (non-hydrogen) atoms. The Morgan fingerprint density at radius 1 is 1.15 bits per heavy atom. The highest BCUT2D eigenvalue weighted by molar-refractivity contribution is 6.00. The summed E-state index contributed by atoms with van der Waals surface area (Å²) in [6.07, 6.45) is 0. The van der Waals surface area contributed by atoms with Gasteiger partial charge in [0, 0.05) is 18.8 Å². The van der Waals surface area contributed by atoms with Crippen LogP contribution in [0.25, 0.3) is 0 Å². The van der Waals surface area contributed by atoms with E-state index in [4.69, 9.17) is 4.74 Å². The summed E-state index contributed by atoms with van der Waals surface area (Å²) in [4.78, 5) is 28.2. The molecule has 3 amide bonds. The predicted molar refractivity (Wildman–Crippen MR) is 102 cm³/mol. The number of para-hydroxylation sites is 2. The van der Waals surface area contributed by atoms with Gasteiger partial charge in [-0.05, 0) is 37.6 Å². The molecule has 1 N–H and O–H groups in total. The van der Waals surface area contributed by atoms with Crippen LogP contribution in [0, 0.1) is 13.8 Å². The van der Waals surface area contributed by atoms with E-state index < -0.39 is 0 Å². The van der Waals surface area contributed by atoms with Gasteiger partial charge in [-0.25, -0.2) is 4.79 Å². The van der Waals surface area contributed by atoms with Gasteiger partial charge in [-0.3, -0.25) is 9.69 Å². The number of nitrogens with zero attached hydrogens (tertiary/aromatic N) is 2. The molecule has 1 heterocycles. The van der Waals surface area contributed by atoms with Gasteiger partial charge in [0.05, 0.1) is 12.8 Å². The van der Waals surface area contributed by atoms with Gasteiger partial charge in [0.1, 0.15) is 12.3 Å². The van der Waals surface area contributed by atoms with Crippen molar-refractivity contribution in [3.8, 4) is 5.75 Å². The monoisotopic (exact) mass is 353 g/mol. The minimum absolute atomic E-state index is 0.0256. The van der Waals surface area contributed by atoms with E-state index in [1.165, 1.54) is 0 Å². The average Bonchev–Trinajstić information content (AvgIpc) is 2.98. The lowest BCUT2D eigenvalue weighted by atomic mass is 10.1. The highest BCUT2D eigenvalue weighted by Gasteiger charge is 2.32. The number of urea groups is 1. The minimum atomic E-state index is -0.202. The summed E-state index contributed by atoms with van der Waals surface area (Å²) in [5, 5.41) is 2.89. The van der Waals surface area contributed by atoms with Crippen molar-refractivity contribution in [1.82, 2.24) is 4.90 Å². The maximum absolute atomic E-state index is 12.7. The molecule has 3 rings (SSSR count). The molecule has 0 bridgehead atoms. The van der Waals surface area contributed by atoms with Crippen LogP contribution in [-0.4, -0.2) is 43.6 Å². The van der Waals surface area contributed by atoms with Crippen molar-refractivity contribution in [2.24, 2.45) is 0 Å². The molecule has 136 valence electrons. The summed E-state index contributed by atoms with van der Waals surface area (Å²) < 4.78 is 5.33. The second kappa shape index (κ2) is 7.47. The lowest BCUT2D eigenvalue weighted by Crippen LogP contribution is -2.37. The number of benzene rings is 2. The van der Waals surface area contributed by atoms with Crippen molar-refractivity contribution in [2.45, 2.75) is 13.8 Å². The van der Waals surface area contributed by atoms with Crippen molar-refractivity contribution in [2.75, 3.05) is 37.0 Å². The second-order valence-electron chi connectivity index (χ2n) is 6.39. The normalized spacial score (nSPS) is 13.9.